The summed E-state index contributed by atoms with van der Waals surface area (Å²) in [6, 6.07) is 15.0. The first-order valence-corrected chi connectivity index (χ1v) is 6.50. The molecule has 22 heavy (non-hydrogen) atoms. The molecule has 113 valence electrons. The van der Waals surface area contributed by atoms with Gasteiger partial charge in [0.15, 0.2) is 0 Å². The number of para-hydroxylation sites is 1. The lowest BCUT2D eigenvalue weighted by atomic mass is 10.2. The van der Waals surface area contributed by atoms with Crippen LogP contribution < -0.4 is 16.1 Å². The average molecular weight is 299 g/mol. The van der Waals surface area contributed by atoms with Gasteiger partial charge in [0.2, 0.25) is 0 Å². The van der Waals surface area contributed by atoms with E-state index in [9.17, 15) is 9.59 Å². The molecule has 0 bridgehead atoms. The number of nitrogens with one attached hydrogen (secondary N) is 1. The predicted octanol–water partition coefficient (Wildman–Crippen LogP) is 1.55. The fourth-order valence-corrected chi connectivity index (χ4v) is 1.77. The summed E-state index contributed by atoms with van der Waals surface area (Å²) < 4.78 is 0. The maximum atomic E-state index is 11.6. The Kier molecular flexibility index (Phi) is 5.31. The highest BCUT2D eigenvalue weighted by Gasteiger charge is 2.13. The molecule has 0 fully saturated rings. The summed E-state index contributed by atoms with van der Waals surface area (Å²) in [5.41, 5.74) is 7.57. The summed E-state index contributed by atoms with van der Waals surface area (Å²) in [6.07, 6.45) is 1.91. The topological polar surface area (TPSA) is 97.6 Å². The third-order valence-corrected chi connectivity index (χ3v) is 2.71. The fourth-order valence-electron chi connectivity index (χ4n) is 1.77. The second-order valence-corrected chi connectivity index (χ2v) is 4.23. The number of nitrogens with zero attached hydrogens (tertiary/aromatic N) is 2. The van der Waals surface area contributed by atoms with Gasteiger partial charge in [-0.05, 0) is 24.3 Å². The molecule has 2 rings (SSSR count). The van der Waals surface area contributed by atoms with Crippen molar-refractivity contribution in [2.45, 2.75) is 0 Å². The Bertz CT molecular complexity index is 580. The molecule has 0 unspecified atom stereocenters. The third kappa shape index (κ3) is 4.48. The van der Waals surface area contributed by atoms with Crippen LogP contribution >= 0.6 is 0 Å². The molecule has 0 aliphatic heterocycles. The zero-order valence-electron chi connectivity index (χ0n) is 11.7. The second-order valence-electron chi connectivity index (χ2n) is 4.23. The van der Waals surface area contributed by atoms with Gasteiger partial charge in [-0.15, -0.1) is 0 Å². The molecule has 0 spiro atoms. The monoisotopic (exact) mass is 299 g/mol. The summed E-state index contributed by atoms with van der Waals surface area (Å²) in [7, 11) is 0. The lowest BCUT2D eigenvalue weighted by molar-refractivity contribution is -0.125. The van der Waals surface area contributed by atoms with Crippen molar-refractivity contribution in [2.75, 3.05) is 11.4 Å². The SMILES string of the molecule is NC(=O)ONC(=O)[CH]CN(c1ccccc1)c1ccccn1. The standard InChI is InChI=1S/C15H15N4O3/c16-15(21)22-18-14(20)9-11-19(12-6-2-1-3-7-12)13-8-4-5-10-17-13/h1-10H,11H2,(H2,16,21)(H,18,20). The molecular formula is C15H15N4O3. The molecule has 3 N–H and O–H groups in total. The van der Waals surface area contributed by atoms with Gasteiger partial charge in [0.25, 0.3) is 5.91 Å². The fraction of sp³-hybridized carbons (Fsp3) is 0.0667. The van der Waals surface area contributed by atoms with Crippen molar-refractivity contribution in [3.8, 4) is 0 Å². The lowest BCUT2D eigenvalue weighted by Crippen LogP contribution is -2.33. The maximum absolute atomic E-state index is 11.6. The Morgan fingerprint density at radius 2 is 1.91 bits per heavy atom. The maximum Gasteiger partial charge on any atom is 0.428 e. The average Bonchev–Trinajstić information content (AvgIpc) is 2.55. The first-order chi connectivity index (χ1) is 10.7. The molecule has 1 aromatic carbocycles. The molecule has 0 aliphatic rings. The van der Waals surface area contributed by atoms with E-state index in [2.05, 4.69) is 9.82 Å². The molecule has 0 atom stereocenters. The Morgan fingerprint density at radius 3 is 2.55 bits per heavy atom. The van der Waals surface area contributed by atoms with E-state index in [1.807, 2.05) is 58.9 Å². The van der Waals surface area contributed by atoms with Gasteiger partial charge in [-0.25, -0.2) is 9.78 Å². The van der Waals surface area contributed by atoms with E-state index < -0.39 is 12.0 Å². The van der Waals surface area contributed by atoms with Gasteiger partial charge in [-0.3, -0.25) is 4.79 Å². The van der Waals surface area contributed by atoms with Crippen LogP contribution in [0.4, 0.5) is 16.3 Å². The van der Waals surface area contributed by atoms with Crippen LogP contribution in [0, 0.1) is 6.42 Å². The van der Waals surface area contributed by atoms with Crippen LogP contribution in [0.15, 0.2) is 54.7 Å². The van der Waals surface area contributed by atoms with Crippen LogP contribution in [0.1, 0.15) is 0 Å². The number of carbonyl (C=O) groups is 2. The van der Waals surface area contributed by atoms with Crippen molar-refractivity contribution in [2.24, 2.45) is 5.73 Å². The van der Waals surface area contributed by atoms with E-state index in [0.717, 1.165) is 5.69 Å². The van der Waals surface area contributed by atoms with E-state index in [1.165, 1.54) is 6.42 Å². The number of carbonyl (C=O) groups excluding carboxylic acids is 2. The normalized spacial score (nSPS) is 9.82. The Balaban J connectivity index is 2.06. The van der Waals surface area contributed by atoms with Crippen LogP contribution in [0.2, 0.25) is 0 Å². The summed E-state index contributed by atoms with van der Waals surface area (Å²) >= 11 is 0. The number of benzene rings is 1. The molecular weight excluding hydrogens is 284 g/mol. The number of hydroxylamine groups is 1. The van der Waals surface area contributed by atoms with Crippen LogP contribution in [-0.2, 0) is 9.63 Å². The zero-order chi connectivity index (χ0) is 15.8. The van der Waals surface area contributed by atoms with E-state index in [1.54, 1.807) is 6.20 Å². The summed E-state index contributed by atoms with van der Waals surface area (Å²) in [5.74, 6) is 0.115. The molecule has 1 radical (unpaired) electrons. The Labute approximate surface area is 127 Å². The highest BCUT2D eigenvalue weighted by Crippen LogP contribution is 2.22. The van der Waals surface area contributed by atoms with Gasteiger partial charge >= 0.3 is 6.09 Å². The molecule has 1 aromatic heterocycles. The van der Waals surface area contributed by atoms with Crippen molar-refractivity contribution in [3.05, 3.63) is 61.1 Å². The highest BCUT2D eigenvalue weighted by atomic mass is 16.7. The molecule has 1 heterocycles. The number of aromatic nitrogens is 1. The van der Waals surface area contributed by atoms with Gasteiger partial charge in [0.1, 0.15) is 5.82 Å². The Morgan fingerprint density at radius 1 is 1.18 bits per heavy atom. The molecule has 0 aliphatic carbocycles. The number of hydrogen-bond acceptors (Lipinski definition) is 5. The minimum absolute atomic E-state index is 0.245. The van der Waals surface area contributed by atoms with Crippen LogP contribution in [0.5, 0.6) is 0 Å². The van der Waals surface area contributed by atoms with Crippen molar-refractivity contribution in [3.63, 3.8) is 0 Å². The number of pyridine rings is 1. The summed E-state index contributed by atoms with van der Waals surface area (Å²) in [5, 5.41) is 0. The van der Waals surface area contributed by atoms with E-state index in [0.29, 0.717) is 5.82 Å². The number of primary amides is 1. The smallest absolute Gasteiger partial charge is 0.333 e. The largest absolute Gasteiger partial charge is 0.428 e. The minimum Gasteiger partial charge on any atom is -0.333 e. The molecule has 2 aromatic rings. The molecule has 2 amide bonds. The van der Waals surface area contributed by atoms with Crippen LogP contribution in [0.3, 0.4) is 0 Å². The third-order valence-electron chi connectivity index (χ3n) is 2.71. The number of hydrogen-bond donors (Lipinski definition) is 2. The van der Waals surface area contributed by atoms with Gasteiger partial charge in [-0.2, -0.15) is 5.48 Å². The van der Waals surface area contributed by atoms with Gasteiger partial charge in [0.05, 0.1) is 6.42 Å². The molecule has 0 saturated heterocycles. The number of anilines is 2. The number of amides is 2. The molecule has 0 saturated carbocycles. The van der Waals surface area contributed by atoms with Gasteiger partial charge < -0.3 is 15.5 Å². The number of rotatable bonds is 5. The highest BCUT2D eigenvalue weighted by molar-refractivity contribution is 5.86. The lowest BCUT2D eigenvalue weighted by Gasteiger charge is -2.23. The molecule has 7 heteroatoms. The van der Waals surface area contributed by atoms with Crippen molar-refractivity contribution in [1.82, 2.24) is 10.5 Å². The quantitative estimate of drug-likeness (QED) is 0.816. The van der Waals surface area contributed by atoms with Gasteiger partial charge in [-0.1, -0.05) is 24.3 Å². The zero-order valence-corrected chi connectivity index (χ0v) is 11.7. The minimum atomic E-state index is -1.08. The Hall–Kier alpha value is -3.09. The van der Waals surface area contributed by atoms with E-state index >= 15 is 0 Å². The van der Waals surface area contributed by atoms with Crippen molar-refractivity contribution < 1.29 is 14.4 Å². The van der Waals surface area contributed by atoms with Crippen LogP contribution in [0.25, 0.3) is 0 Å². The summed E-state index contributed by atoms with van der Waals surface area (Å²) in [6.45, 7) is 0.245. The van der Waals surface area contributed by atoms with Gasteiger partial charge in [0, 0.05) is 18.4 Å². The first-order valence-electron chi connectivity index (χ1n) is 6.50. The predicted molar refractivity (Wildman–Crippen MR) is 80.8 cm³/mol. The first kappa shape index (κ1) is 15.3. The number of nitrogens with two attached hydrogens (primary N) is 1. The second kappa shape index (κ2) is 7.63. The summed E-state index contributed by atoms with van der Waals surface area (Å²) in [4.78, 5) is 32.3. The van der Waals surface area contributed by atoms with Crippen LogP contribution in [-0.4, -0.2) is 23.5 Å². The van der Waals surface area contributed by atoms with E-state index in [-0.39, 0.29) is 6.54 Å². The van der Waals surface area contributed by atoms with E-state index in [4.69, 9.17) is 5.73 Å². The van der Waals surface area contributed by atoms with Crippen molar-refractivity contribution in [1.29, 1.82) is 0 Å². The molecule has 7 nitrogen and oxygen atoms in total. The van der Waals surface area contributed by atoms with Crippen molar-refractivity contribution >= 4 is 23.5 Å².